The molecular weight excluding hydrogens is 238 g/mol. The van der Waals surface area contributed by atoms with Crippen molar-refractivity contribution < 1.29 is 24.2 Å². The number of carbonyl (C=O) groups is 3. The number of ketones is 1. The van der Waals surface area contributed by atoms with Crippen LogP contribution in [0.4, 0.5) is 4.79 Å². The molecule has 1 unspecified atom stereocenters. The normalized spacial score (nSPS) is 31.1. The van der Waals surface area contributed by atoms with Gasteiger partial charge in [-0.15, -0.1) is 0 Å². The highest BCUT2D eigenvalue weighted by Crippen LogP contribution is 2.35. The van der Waals surface area contributed by atoms with Gasteiger partial charge in [-0.05, 0) is 32.6 Å². The number of nitrogens with zero attached hydrogens (tertiary/aromatic N) is 1. The molecule has 2 bridgehead atoms. The van der Waals surface area contributed by atoms with Gasteiger partial charge in [-0.1, -0.05) is 0 Å². The van der Waals surface area contributed by atoms with Crippen LogP contribution in [0.2, 0.25) is 0 Å². The van der Waals surface area contributed by atoms with Crippen molar-refractivity contribution in [3.05, 3.63) is 0 Å². The molecule has 1 amide bonds. The lowest BCUT2D eigenvalue weighted by molar-refractivity contribution is -0.157. The Morgan fingerprint density at radius 2 is 2.17 bits per heavy atom. The molecule has 2 rings (SSSR count). The number of amides is 1. The van der Waals surface area contributed by atoms with Crippen molar-refractivity contribution >= 4 is 17.8 Å². The Kier molecular flexibility index (Phi) is 3.54. The molecule has 0 aromatic heterocycles. The lowest BCUT2D eigenvalue weighted by atomic mass is 9.77. The monoisotopic (exact) mass is 255 g/mol. The van der Waals surface area contributed by atoms with E-state index in [1.165, 1.54) is 4.90 Å². The van der Waals surface area contributed by atoms with E-state index >= 15 is 0 Å². The van der Waals surface area contributed by atoms with Crippen molar-refractivity contribution in [3.8, 4) is 0 Å². The van der Waals surface area contributed by atoms with E-state index in [1.807, 2.05) is 0 Å². The second-order valence-electron chi connectivity index (χ2n) is 4.73. The molecule has 2 fully saturated rings. The molecule has 1 N–H and O–H groups in total. The summed E-state index contributed by atoms with van der Waals surface area (Å²) in [5.74, 6) is -1.59. The minimum absolute atomic E-state index is 0.228. The number of carbonyl (C=O) groups excluding carboxylic acids is 2. The molecule has 100 valence electrons. The lowest BCUT2D eigenvalue weighted by Crippen LogP contribution is -2.60. The van der Waals surface area contributed by atoms with Gasteiger partial charge in [0.1, 0.15) is 5.92 Å². The summed E-state index contributed by atoms with van der Waals surface area (Å²) in [6.07, 6.45) is 1.25. The molecule has 2 aliphatic heterocycles. The highest BCUT2D eigenvalue weighted by Gasteiger charge is 2.49. The maximum absolute atomic E-state index is 12.2. The molecule has 18 heavy (non-hydrogen) atoms. The van der Waals surface area contributed by atoms with Gasteiger partial charge in [0.2, 0.25) is 0 Å². The minimum Gasteiger partial charge on any atom is -0.465 e. The van der Waals surface area contributed by atoms with Crippen molar-refractivity contribution in [3.63, 3.8) is 0 Å². The summed E-state index contributed by atoms with van der Waals surface area (Å²) in [4.78, 5) is 36.3. The Bertz CT molecular complexity index is 381. The quantitative estimate of drug-likeness (QED) is 0.588. The molecule has 0 aromatic carbocycles. The third-order valence-corrected chi connectivity index (χ3v) is 3.72. The number of carboxylic acid groups (broad SMARTS) is 1. The van der Waals surface area contributed by atoms with Crippen LogP contribution in [0.25, 0.3) is 0 Å². The number of Topliss-reactive ketones (excluding diaryl/α,β-unsaturated/α-hetero) is 1. The summed E-state index contributed by atoms with van der Waals surface area (Å²) in [6, 6.07) is -0.891. The lowest BCUT2D eigenvalue weighted by Gasteiger charge is -2.45. The SMILES string of the molecule is CCOC(=O)C1C[C@H]2CCC[C@@H](C1=O)N2C(=O)O. The third-order valence-electron chi connectivity index (χ3n) is 3.72. The Hall–Kier alpha value is -1.59. The van der Waals surface area contributed by atoms with Gasteiger partial charge in [-0.25, -0.2) is 4.79 Å². The van der Waals surface area contributed by atoms with Gasteiger partial charge in [-0.3, -0.25) is 14.5 Å². The van der Waals surface area contributed by atoms with E-state index < -0.39 is 24.0 Å². The molecular formula is C12H17NO5. The smallest absolute Gasteiger partial charge is 0.408 e. The molecule has 0 saturated carbocycles. The van der Waals surface area contributed by atoms with Gasteiger partial charge < -0.3 is 9.84 Å². The number of hydrogen-bond donors (Lipinski definition) is 1. The first-order valence-electron chi connectivity index (χ1n) is 6.27. The Balaban J connectivity index is 2.19. The molecule has 6 nitrogen and oxygen atoms in total. The zero-order chi connectivity index (χ0) is 13.3. The van der Waals surface area contributed by atoms with Gasteiger partial charge in [0.25, 0.3) is 0 Å². The van der Waals surface area contributed by atoms with E-state index in [9.17, 15) is 14.4 Å². The molecule has 2 saturated heterocycles. The van der Waals surface area contributed by atoms with Gasteiger partial charge in [0.15, 0.2) is 5.78 Å². The van der Waals surface area contributed by atoms with Crippen LogP contribution in [0.3, 0.4) is 0 Å². The van der Waals surface area contributed by atoms with Crippen molar-refractivity contribution in [1.82, 2.24) is 4.90 Å². The number of fused-ring (bicyclic) bond motifs is 2. The Labute approximate surface area is 105 Å². The molecule has 0 spiro atoms. The number of rotatable bonds is 2. The molecule has 3 atom stereocenters. The maximum atomic E-state index is 12.2. The Morgan fingerprint density at radius 1 is 1.44 bits per heavy atom. The van der Waals surface area contributed by atoms with Crippen LogP contribution in [-0.4, -0.2) is 46.5 Å². The van der Waals surface area contributed by atoms with Crippen LogP contribution in [0, 0.1) is 5.92 Å². The zero-order valence-electron chi connectivity index (χ0n) is 10.3. The molecule has 0 radical (unpaired) electrons. The summed E-state index contributed by atoms with van der Waals surface area (Å²) < 4.78 is 4.89. The van der Waals surface area contributed by atoms with Crippen molar-refractivity contribution in [2.24, 2.45) is 5.92 Å². The van der Waals surface area contributed by atoms with Crippen LogP contribution >= 0.6 is 0 Å². The molecule has 2 aliphatic rings. The maximum Gasteiger partial charge on any atom is 0.408 e. The Morgan fingerprint density at radius 3 is 2.78 bits per heavy atom. The summed E-state index contributed by atoms with van der Waals surface area (Å²) >= 11 is 0. The first-order chi connectivity index (χ1) is 8.56. The van der Waals surface area contributed by atoms with Crippen molar-refractivity contribution in [2.45, 2.75) is 44.7 Å². The zero-order valence-corrected chi connectivity index (χ0v) is 10.3. The van der Waals surface area contributed by atoms with Gasteiger partial charge in [0.05, 0.1) is 12.6 Å². The summed E-state index contributed by atoms with van der Waals surface area (Å²) in [5, 5.41) is 9.15. The summed E-state index contributed by atoms with van der Waals surface area (Å²) in [6.45, 7) is 1.93. The summed E-state index contributed by atoms with van der Waals surface area (Å²) in [5.41, 5.74) is 0. The fraction of sp³-hybridized carbons (Fsp3) is 0.750. The first-order valence-corrected chi connectivity index (χ1v) is 6.27. The predicted molar refractivity (Wildman–Crippen MR) is 61.0 cm³/mol. The molecule has 0 aromatic rings. The number of piperidine rings is 2. The fourth-order valence-electron chi connectivity index (χ4n) is 2.96. The van der Waals surface area contributed by atoms with Crippen LogP contribution in [0.5, 0.6) is 0 Å². The van der Waals surface area contributed by atoms with Crippen LogP contribution in [0.1, 0.15) is 32.6 Å². The van der Waals surface area contributed by atoms with Crippen molar-refractivity contribution in [1.29, 1.82) is 0 Å². The van der Waals surface area contributed by atoms with E-state index in [2.05, 4.69) is 0 Å². The standard InChI is InChI=1S/C12H17NO5/c1-2-18-11(15)8-6-7-4-3-5-9(10(8)14)13(7)12(16)17/h7-9H,2-6H2,1H3,(H,16,17)/t7-,8?,9+/m1/s1. The second-order valence-corrected chi connectivity index (χ2v) is 4.73. The topological polar surface area (TPSA) is 83.9 Å². The number of ether oxygens (including phenoxy) is 1. The van der Waals surface area contributed by atoms with Crippen LogP contribution < -0.4 is 0 Å². The predicted octanol–water partition coefficient (Wildman–Crippen LogP) is 1.04. The summed E-state index contributed by atoms with van der Waals surface area (Å²) in [7, 11) is 0. The first kappa shape index (κ1) is 12.9. The van der Waals surface area contributed by atoms with E-state index in [4.69, 9.17) is 9.84 Å². The van der Waals surface area contributed by atoms with E-state index in [0.29, 0.717) is 12.8 Å². The fourth-order valence-corrected chi connectivity index (χ4v) is 2.96. The second kappa shape index (κ2) is 4.96. The molecule has 2 heterocycles. The molecule has 0 aliphatic carbocycles. The highest BCUT2D eigenvalue weighted by molar-refractivity contribution is 6.03. The van der Waals surface area contributed by atoms with Gasteiger partial charge >= 0.3 is 12.1 Å². The van der Waals surface area contributed by atoms with E-state index in [-0.39, 0.29) is 24.9 Å². The average Bonchev–Trinajstić information content (AvgIpc) is 2.33. The van der Waals surface area contributed by atoms with Gasteiger partial charge in [0, 0.05) is 6.04 Å². The van der Waals surface area contributed by atoms with E-state index in [1.54, 1.807) is 6.92 Å². The molecule has 6 heteroatoms. The van der Waals surface area contributed by atoms with Crippen molar-refractivity contribution in [2.75, 3.05) is 6.61 Å². The van der Waals surface area contributed by atoms with E-state index in [0.717, 1.165) is 6.42 Å². The number of esters is 1. The third kappa shape index (κ3) is 2.07. The largest absolute Gasteiger partial charge is 0.465 e. The van der Waals surface area contributed by atoms with Crippen LogP contribution in [0.15, 0.2) is 0 Å². The number of hydrogen-bond acceptors (Lipinski definition) is 4. The highest BCUT2D eigenvalue weighted by atomic mass is 16.5. The minimum atomic E-state index is -1.07. The van der Waals surface area contributed by atoms with Crippen LogP contribution in [-0.2, 0) is 14.3 Å². The average molecular weight is 255 g/mol. The van der Waals surface area contributed by atoms with Gasteiger partial charge in [-0.2, -0.15) is 0 Å².